The lowest BCUT2D eigenvalue weighted by atomic mass is 10.0. The molecule has 19 nitrogen and oxygen atoms in total. The summed E-state index contributed by atoms with van der Waals surface area (Å²) in [6, 6.07) is 48.0. The lowest BCUT2D eigenvalue weighted by molar-refractivity contribution is -0.117. The van der Waals surface area contributed by atoms with Crippen LogP contribution in [-0.4, -0.2) is 94.0 Å². The maximum Gasteiger partial charge on any atom is 0.187 e. The average Bonchev–Trinajstić information content (AvgIpc) is 1.63. The number of Topliss-reactive ketones (excluding diaryl/α,β-unsaturated/α-hetero) is 3. The van der Waals surface area contributed by atoms with Crippen LogP contribution < -0.4 is 0 Å². The fourth-order valence-corrected chi connectivity index (χ4v) is 16.5. The van der Waals surface area contributed by atoms with Crippen molar-refractivity contribution in [3.05, 3.63) is 266 Å². The molecule has 502 valence electrons. The van der Waals surface area contributed by atoms with E-state index in [-0.39, 0.29) is 46.3 Å². The van der Waals surface area contributed by atoms with Crippen molar-refractivity contribution in [2.24, 2.45) is 0 Å². The Kier molecular flexibility index (Phi) is 21.1. The molecule has 7 aromatic heterocycles. The van der Waals surface area contributed by atoms with Crippen molar-refractivity contribution in [3.8, 4) is 11.1 Å². The third-order valence-electron chi connectivity index (χ3n) is 15.7. The van der Waals surface area contributed by atoms with Gasteiger partial charge in [-0.1, -0.05) is 113 Å². The van der Waals surface area contributed by atoms with Crippen molar-refractivity contribution in [1.82, 2.24) is 34.2 Å². The van der Waals surface area contributed by atoms with Crippen LogP contribution in [0, 0.1) is 39.3 Å². The molecular formula is C72H61Br2F2N7O12S3. The predicted molar refractivity (Wildman–Crippen MR) is 372 cm³/mol. The number of carbonyl (C=O) groups excluding carboxylic acids is 3. The Morgan fingerprint density at radius 2 is 0.857 bits per heavy atom. The Labute approximate surface area is 579 Å². The first kappa shape index (κ1) is 69.7. The number of rotatable bonds is 22. The van der Waals surface area contributed by atoms with Gasteiger partial charge >= 0.3 is 0 Å². The third-order valence-corrected chi connectivity index (χ3v) is 22.0. The molecular weight excluding hydrogens is 1450 g/mol. The number of fused-ring (bicyclic) bond motifs is 3. The van der Waals surface area contributed by atoms with Crippen LogP contribution >= 0.6 is 31.9 Å². The van der Waals surface area contributed by atoms with Gasteiger partial charge in [-0.25, -0.2) is 34.0 Å². The Balaban J connectivity index is 0.000000149. The molecule has 0 unspecified atom stereocenters. The number of benzene rings is 6. The van der Waals surface area contributed by atoms with Crippen LogP contribution in [0.15, 0.2) is 226 Å². The highest BCUT2D eigenvalue weighted by Crippen LogP contribution is 2.33. The van der Waals surface area contributed by atoms with Crippen LogP contribution in [0.1, 0.15) is 56.7 Å². The summed E-state index contributed by atoms with van der Waals surface area (Å²) in [7, 11) is -11.7. The monoisotopic (exact) mass is 1510 g/mol. The summed E-state index contributed by atoms with van der Waals surface area (Å²) in [6.07, 6.45) is 6.15. The lowest BCUT2D eigenvalue weighted by Gasteiger charge is -2.08. The van der Waals surface area contributed by atoms with Gasteiger partial charge in [-0.3, -0.25) is 19.4 Å². The topological polar surface area (TPSA) is 259 Å². The zero-order valence-electron chi connectivity index (χ0n) is 53.0. The molecule has 6 aromatic carbocycles. The molecule has 0 radical (unpaired) electrons. The number of para-hydroxylation sites is 3. The minimum atomic E-state index is -3.92. The number of ketones is 3. The quantitative estimate of drug-likeness (QED) is 0.0611. The predicted octanol–water partition coefficient (Wildman–Crippen LogP) is 13.9. The van der Waals surface area contributed by atoms with Gasteiger partial charge in [0.25, 0.3) is 0 Å². The van der Waals surface area contributed by atoms with Crippen LogP contribution in [0.4, 0.5) is 8.78 Å². The zero-order valence-corrected chi connectivity index (χ0v) is 58.6. The molecule has 0 aliphatic carbocycles. The standard InChI is InChI=1S/C28H25N3O4S.2C22H18BrFN2O4S/c1-19-10-11-23(15-29-19)22-7-5-6-21(13-22)16-31-17-28(26-8-3-4-9-27(26)31)36(33,34)18-25(32)14-24-12-20(2)35-30-24;1-14-9-16(25-30-14)10-17(27)13-31(28,29)21-12-26(20-8-3-2-6-18(20)21)11-15-5-4-7-19(23)22(15)24;1-14-8-16(25-30-14)10-17(27)13-31(28,29)22-12-26(21-5-3-2-4-18(21)22)11-15-6-7-20(24)19(23)9-15/h3-13,15,17H,14,16,18H2,1-2H3;2*2-9,12H,10-11,13H2,1H3. The first-order chi connectivity index (χ1) is 46.7. The molecule has 0 N–H and O–H groups in total. The van der Waals surface area contributed by atoms with Gasteiger partial charge in [0.15, 0.2) is 46.9 Å². The van der Waals surface area contributed by atoms with Crippen molar-refractivity contribution in [2.45, 2.75) is 81.3 Å². The van der Waals surface area contributed by atoms with E-state index in [0.29, 0.717) is 89.2 Å². The van der Waals surface area contributed by atoms with Gasteiger partial charge in [0, 0.05) is 106 Å². The summed E-state index contributed by atoms with van der Waals surface area (Å²) in [5.41, 5.74) is 8.62. The van der Waals surface area contributed by atoms with Gasteiger partial charge in [-0.15, -0.1) is 0 Å². The highest BCUT2D eigenvalue weighted by molar-refractivity contribution is 9.10. The van der Waals surface area contributed by atoms with Gasteiger partial charge in [-0.05, 0) is 125 Å². The smallest absolute Gasteiger partial charge is 0.187 e. The van der Waals surface area contributed by atoms with Crippen LogP contribution in [-0.2, 0) is 82.8 Å². The second kappa shape index (κ2) is 29.6. The maximum absolute atomic E-state index is 14.5. The van der Waals surface area contributed by atoms with E-state index < -0.39 is 69.9 Å². The summed E-state index contributed by atoms with van der Waals surface area (Å²) in [5.74, 6) is -2.35. The van der Waals surface area contributed by atoms with E-state index in [1.54, 1.807) is 133 Å². The first-order valence-corrected chi connectivity index (χ1v) is 36.9. The Morgan fingerprint density at radius 1 is 0.439 bits per heavy atom. The van der Waals surface area contributed by atoms with Crippen LogP contribution in [0.3, 0.4) is 0 Å². The van der Waals surface area contributed by atoms with E-state index in [2.05, 4.69) is 58.4 Å². The number of carbonyl (C=O) groups is 3. The van der Waals surface area contributed by atoms with Crippen molar-refractivity contribution in [2.75, 3.05) is 17.3 Å². The molecule has 0 aliphatic rings. The summed E-state index contributed by atoms with van der Waals surface area (Å²) in [4.78, 5) is 42.0. The molecule has 0 amide bonds. The maximum atomic E-state index is 14.5. The van der Waals surface area contributed by atoms with Gasteiger partial charge in [0.05, 0.1) is 66.5 Å². The Hall–Kier alpha value is -9.60. The first-order valence-electron chi connectivity index (χ1n) is 30.4. The molecule has 0 aliphatic heterocycles. The number of hydrogen-bond acceptors (Lipinski definition) is 16. The van der Waals surface area contributed by atoms with Gasteiger partial charge < -0.3 is 27.3 Å². The second-order valence-electron chi connectivity index (χ2n) is 23.5. The summed E-state index contributed by atoms with van der Waals surface area (Å²) < 4.78 is 128. The average molecular weight is 1510 g/mol. The van der Waals surface area contributed by atoms with Crippen molar-refractivity contribution in [1.29, 1.82) is 0 Å². The molecule has 0 spiro atoms. The number of hydrogen-bond donors (Lipinski definition) is 0. The zero-order chi connectivity index (χ0) is 69.6. The number of aromatic nitrogens is 7. The molecule has 0 fully saturated rings. The summed E-state index contributed by atoms with van der Waals surface area (Å²) in [6.45, 7) is 8.04. The van der Waals surface area contributed by atoms with E-state index in [0.717, 1.165) is 33.5 Å². The van der Waals surface area contributed by atoms with E-state index in [1.807, 2.05) is 72.3 Å². The number of halogens is 4. The number of sulfone groups is 3. The third kappa shape index (κ3) is 16.7. The van der Waals surface area contributed by atoms with E-state index in [9.17, 15) is 48.4 Å². The number of pyridine rings is 1. The molecule has 0 saturated heterocycles. The van der Waals surface area contributed by atoms with Crippen molar-refractivity contribution < 1.29 is 62.0 Å². The van der Waals surface area contributed by atoms with E-state index in [1.165, 1.54) is 18.5 Å². The minimum absolute atomic E-state index is 0.0446. The van der Waals surface area contributed by atoms with Gasteiger partial charge in [0.2, 0.25) is 0 Å². The molecule has 26 heteroatoms. The Bertz CT molecular complexity index is 5520. The fourth-order valence-electron chi connectivity index (χ4n) is 11.3. The highest BCUT2D eigenvalue weighted by atomic mass is 79.9. The minimum Gasteiger partial charge on any atom is -0.361 e. The van der Waals surface area contributed by atoms with Crippen LogP contribution in [0.25, 0.3) is 43.8 Å². The molecule has 0 atom stereocenters. The Morgan fingerprint density at radius 3 is 1.27 bits per heavy atom. The van der Waals surface area contributed by atoms with E-state index in [4.69, 9.17) is 13.6 Å². The number of nitrogens with zero attached hydrogens (tertiary/aromatic N) is 7. The molecule has 0 saturated carbocycles. The molecule has 98 heavy (non-hydrogen) atoms. The fraction of sp³-hybridized carbons (Fsp3) is 0.181. The normalized spacial score (nSPS) is 11.8. The van der Waals surface area contributed by atoms with Crippen molar-refractivity contribution in [3.63, 3.8) is 0 Å². The van der Waals surface area contributed by atoms with E-state index >= 15 is 0 Å². The lowest BCUT2D eigenvalue weighted by Crippen LogP contribution is -2.18. The SMILES string of the molecule is Cc1cc(CC(=O)CS(=O)(=O)c2cn(Cc3ccc(F)c(Br)c3)c3ccccc23)no1.Cc1cc(CC(=O)CS(=O)(=O)c2cn(Cc3cccc(Br)c3F)c3ccccc23)no1.Cc1ccc(-c2cccc(Cn3cc(S(=O)(=O)CC(=O)Cc4cc(C)on4)c4ccccc43)c2)cn1. The van der Waals surface area contributed by atoms with Gasteiger partial charge in [0.1, 0.15) is 46.2 Å². The molecule has 0 bridgehead atoms. The van der Waals surface area contributed by atoms with Crippen molar-refractivity contribution >= 4 is 111 Å². The summed E-state index contributed by atoms with van der Waals surface area (Å²) >= 11 is 6.34. The molecule has 13 aromatic rings. The largest absolute Gasteiger partial charge is 0.361 e. The highest BCUT2D eigenvalue weighted by Gasteiger charge is 2.29. The second-order valence-corrected chi connectivity index (χ2v) is 31.1. The summed E-state index contributed by atoms with van der Waals surface area (Å²) in [5, 5.41) is 12.9. The molecule has 7 heterocycles. The number of aryl methyl sites for hydroxylation is 4. The van der Waals surface area contributed by atoms with Gasteiger partial charge in [-0.2, -0.15) is 0 Å². The van der Waals surface area contributed by atoms with Crippen LogP contribution in [0.5, 0.6) is 0 Å². The van der Waals surface area contributed by atoms with Crippen LogP contribution in [0.2, 0.25) is 0 Å². The molecule has 13 rings (SSSR count).